The van der Waals surface area contributed by atoms with Crippen molar-refractivity contribution in [1.29, 1.82) is 0 Å². The van der Waals surface area contributed by atoms with E-state index in [1.165, 1.54) is 0 Å². The molecular formula is C11H13ClS2. The highest BCUT2D eigenvalue weighted by atomic mass is 35.5. The third-order valence-corrected chi connectivity index (χ3v) is 3.62. The molecule has 14 heavy (non-hydrogen) atoms. The van der Waals surface area contributed by atoms with Gasteiger partial charge in [-0.2, -0.15) is 0 Å². The van der Waals surface area contributed by atoms with Crippen molar-refractivity contribution in [3.63, 3.8) is 0 Å². The van der Waals surface area contributed by atoms with Gasteiger partial charge in [0.15, 0.2) is 0 Å². The molecular weight excluding hydrogens is 232 g/mol. The van der Waals surface area contributed by atoms with Gasteiger partial charge in [-0.25, -0.2) is 0 Å². The van der Waals surface area contributed by atoms with Crippen LogP contribution in [0.3, 0.4) is 0 Å². The molecule has 0 aromatic heterocycles. The van der Waals surface area contributed by atoms with E-state index in [-0.39, 0.29) is 0 Å². The van der Waals surface area contributed by atoms with E-state index in [1.54, 1.807) is 11.8 Å². The Labute approximate surface area is 100 Å². The van der Waals surface area contributed by atoms with Crippen LogP contribution < -0.4 is 0 Å². The Morgan fingerprint density at radius 3 is 2.57 bits per heavy atom. The van der Waals surface area contributed by atoms with E-state index in [4.69, 9.17) is 23.8 Å². The molecule has 0 unspecified atom stereocenters. The summed E-state index contributed by atoms with van der Waals surface area (Å²) in [5, 5.41) is 0. The zero-order valence-corrected chi connectivity index (χ0v) is 10.3. The van der Waals surface area contributed by atoms with Gasteiger partial charge in [-0.15, -0.1) is 23.4 Å². The predicted molar refractivity (Wildman–Crippen MR) is 70.6 cm³/mol. The summed E-state index contributed by atoms with van der Waals surface area (Å²) in [6.45, 7) is 0. The molecule has 0 saturated heterocycles. The molecule has 1 aromatic rings. The van der Waals surface area contributed by atoms with Crippen LogP contribution in [0.1, 0.15) is 18.4 Å². The van der Waals surface area contributed by atoms with Crippen LogP contribution in [0.4, 0.5) is 0 Å². The van der Waals surface area contributed by atoms with Gasteiger partial charge in [-0.05, 0) is 24.2 Å². The molecule has 0 heterocycles. The Morgan fingerprint density at radius 2 is 1.93 bits per heavy atom. The summed E-state index contributed by atoms with van der Waals surface area (Å²) in [7, 11) is 0. The number of unbranched alkanes of at least 4 members (excludes halogenated alkanes) is 1. The lowest BCUT2D eigenvalue weighted by Gasteiger charge is -2.02. The maximum absolute atomic E-state index is 5.59. The van der Waals surface area contributed by atoms with Crippen LogP contribution in [-0.4, -0.2) is 15.8 Å². The highest BCUT2D eigenvalue weighted by Gasteiger charge is 1.99. The van der Waals surface area contributed by atoms with E-state index in [0.717, 1.165) is 34.2 Å². The van der Waals surface area contributed by atoms with Crippen molar-refractivity contribution in [3.8, 4) is 0 Å². The first kappa shape index (κ1) is 12.0. The van der Waals surface area contributed by atoms with Gasteiger partial charge in [-0.3, -0.25) is 0 Å². The van der Waals surface area contributed by atoms with Gasteiger partial charge >= 0.3 is 0 Å². The molecule has 3 heteroatoms. The van der Waals surface area contributed by atoms with Crippen molar-refractivity contribution in [2.24, 2.45) is 0 Å². The minimum absolute atomic E-state index is 0.749. The van der Waals surface area contributed by atoms with Gasteiger partial charge < -0.3 is 0 Å². The lowest BCUT2D eigenvalue weighted by Crippen LogP contribution is -1.93. The molecule has 0 amide bonds. The van der Waals surface area contributed by atoms with Crippen LogP contribution in [0.15, 0.2) is 30.3 Å². The number of hydrogen-bond donors (Lipinski definition) is 0. The molecule has 0 radical (unpaired) electrons. The minimum atomic E-state index is 0.749. The summed E-state index contributed by atoms with van der Waals surface area (Å²) in [5.41, 5.74) is 1.15. The number of rotatable bonds is 5. The average Bonchev–Trinajstić information content (AvgIpc) is 2.25. The molecule has 0 atom stereocenters. The van der Waals surface area contributed by atoms with Crippen LogP contribution in [0, 0.1) is 0 Å². The summed E-state index contributed by atoms with van der Waals surface area (Å²) < 4.78 is 0.986. The van der Waals surface area contributed by atoms with Crippen molar-refractivity contribution < 1.29 is 0 Å². The van der Waals surface area contributed by atoms with Gasteiger partial charge in [0.25, 0.3) is 0 Å². The monoisotopic (exact) mass is 244 g/mol. The predicted octanol–water partition coefficient (Wildman–Crippen LogP) is 4.11. The molecule has 0 nitrogen and oxygen atoms in total. The highest BCUT2D eigenvalue weighted by molar-refractivity contribution is 8.23. The quantitative estimate of drug-likeness (QED) is 0.434. The second-order valence-corrected chi connectivity index (χ2v) is 5.05. The third kappa shape index (κ3) is 4.45. The van der Waals surface area contributed by atoms with Crippen molar-refractivity contribution in [3.05, 3.63) is 35.9 Å². The summed E-state index contributed by atoms with van der Waals surface area (Å²) in [5.74, 6) is 1.82. The average molecular weight is 245 g/mol. The Hall–Kier alpha value is -0.0500. The number of thiocarbonyl (C=S) groups is 1. The van der Waals surface area contributed by atoms with E-state index in [1.807, 2.05) is 18.2 Å². The number of thioether (sulfide) groups is 1. The normalized spacial score (nSPS) is 10.1. The standard InChI is InChI=1S/C11H13ClS2/c12-8-4-5-9-14-11(13)10-6-2-1-3-7-10/h1-3,6-7H,4-5,8-9H2. The molecule has 0 bridgehead atoms. The maximum atomic E-state index is 5.59. The zero-order valence-electron chi connectivity index (χ0n) is 7.91. The molecule has 1 aromatic carbocycles. The lowest BCUT2D eigenvalue weighted by molar-refractivity contribution is 0.905. The number of benzene rings is 1. The van der Waals surface area contributed by atoms with Gasteiger partial charge in [0.05, 0.1) is 4.20 Å². The summed E-state index contributed by atoms with van der Waals surface area (Å²) in [6, 6.07) is 10.1. The molecule has 0 saturated carbocycles. The first-order valence-corrected chi connectivity index (χ1v) is 6.55. The summed E-state index contributed by atoms with van der Waals surface area (Å²) in [4.78, 5) is 0. The topological polar surface area (TPSA) is 0 Å². The fourth-order valence-corrected chi connectivity index (χ4v) is 2.43. The van der Waals surface area contributed by atoms with Crippen molar-refractivity contribution >= 4 is 39.8 Å². The molecule has 1 rings (SSSR count). The zero-order chi connectivity index (χ0) is 10.2. The Kier molecular flexibility index (Phi) is 6.24. The van der Waals surface area contributed by atoms with Gasteiger partial charge in [0.2, 0.25) is 0 Å². The lowest BCUT2D eigenvalue weighted by atomic mass is 10.2. The van der Waals surface area contributed by atoms with Crippen LogP contribution in [0.2, 0.25) is 0 Å². The molecule has 0 N–H and O–H groups in total. The molecule has 0 spiro atoms. The molecule has 76 valence electrons. The van der Waals surface area contributed by atoms with Crippen LogP contribution in [0.5, 0.6) is 0 Å². The van der Waals surface area contributed by atoms with Crippen LogP contribution in [-0.2, 0) is 0 Å². The fourth-order valence-electron chi connectivity index (χ4n) is 1.02. The van der Waals surface area contributed by atoms with E-state index in [2.05, 4.69) is 12.1 Å². The SMILES string of the molecule is S=C(SCCCCCl)c1ccccc1. The Balaban J connectivity index is 2.29. The van der Waals surface area contributed by atoms with E-state index in [9.17, 15) is 0 Å². The molecule has 0 aliphatic rings. The summed E-state index contributed by atoms with van der Waals surface area (Å²) in [6.07, 6.45) is 2.22. The fraction of sp³-hybridized carbons (Fsp3) is 0.364. The first-order chi connectivity index (χ1) is 6.84. The molecule has 0 aliphatic carbocycles. The maximum Gasteiger partial charge on any atom is 0.0778 e. The van der Waals surface area contributed by atoms with E-state index >= 15 is 0 Å². The summed E-state index contributed by atoms with van der Waals surface area (Å²) >= 11 is 12.6. The van der Waals surface area contributed by atoms with Crippen molar-refractivity contribution in [2.75, 3.05) is 11.6 Å². The molecule has 0 fully saturated rings. The second-order valence-electron chi connectivity index (χ2n) is 2.90. The number of hydrogen-bond acceptors (Lipinski definition) is 2. The first-order valence-electron chi connectivity index (χ1n) is 4.62. The van der Waals surface area contributed by atoms with Crippen molar-refractivity contribution in [2.45, 2.75) is 12.8 Å². The third-order valence-electron chi connectivity index (χ3n) is 1.77. The number of halogens is 1. The van der Waals surface area contributed by atoms with E-state index in [0.29, 0.717) is 0 Å². The van der Waals surface area contributed by atoms with E-state index < -0.39 is 0 Å². The number of alkyl halides is 1. The second kappa shape index (κ2) is 7.27. The highest BCUT2D eigenvalue weighted by Crippen LogP contribution is 2.15. The molecule has 0 aliphatic heterocycles. The van der Waals surface area contributed by atoms with Gasteiger partial charge in [0.1, 0.15) is 0 Å². The largest absolute Gasteiger partial charge is 0.127 e. The minimum Gasteiger partial charge on any atom is -0.127 e. The smallest absolute Gasteiger partial charge is 0.0778 e. The van der Waals surface area contributed by atoms with Gasteiger partial charge in [-0.1, -0.05) is 42.5 Å². The Bertz CT molecular complexity index is 272. The Morgan fingerprint density at radius 1 is 1.21 bits per heavy atom. The van der Waals surface area contributed by atoms with Crippen LogP contribution >= 0.6 is 35.6 Å². The van der Waals surface area contributed by atoms with Gasteiger partial charge in [0, 0.05) is 5.88 Å². The van der Waals surface area contributed by atoms with Crippen molar-refractivity contribution in [1.82, 2.24) is 0 Å². The van der Waals surface area contributed by atoms with Crippen LogP contribution in [0.25, 0.3) is 0 Å².